The molecular formula is C19H18N4O2. The van der Waals surface area contributed by atoms with Gasteiger partial charge in [0.2, 0.25) is 0 Å². The topological polar surface area (TPSA) is 81.8 Å². The molecule has 0 radical (unpaired) electrons. The van der Waals surface area contributed by atoms with Crippen LogP contribution in [-0.2, 0) is 0 Å². The van der Waals surface area contributed by atoms with Crippen LogP contribution in [0.3, 0.4) is 0 Å². The minimum Gasteiger partial charge on any atom is -0.478 e. The molecule has 126 valence electrons. The van der Waals surface area contributed by atoms with E-state index in [-0.39, 0.29) is 5.56 Å². The van der Waals surface area contributed by atoms with Crippen LogP contribution >= 0.6 is 0 Å². The molecule has 6 nitrogen and oxygen atoms in total. The number of hydrogen-bond donors (Lipinski definition) is 3. The van der Waals surface area contributed by atoms with Gasteiger partial charge in [-0.05, 0) is 24.3 Å². The molecule has 4 N–H and O–H groups in total. The van der Waals surface area contributed by atoms with Gasteiger partial charge in [0, 0.05) is 31.1 Å². The second-order valence-electron chi connectivity index (χ2n) is 5.88. The van der Waals surface area contributed by atoms with E-state index in [0.717, 1.165) is 28.5 Å². The average molecular weight is 334 g/mol. The molecule has 0 aromatic heterocycles. The number of benzene rings is 2. The van der Waals surface area contributed by atoms with Gasteiger partial charge in [-0.2, -0.15) is 0 Å². The minimum absolute atomic E-state index is 0.276. The van der Waals surface area contributed by atoms with Crippen molar-refractivity contribution in [2.75, 3.05) is 23.3 Å². The SMILES string of the molecule is NCCN1C=C(c2ccc(C(=O)O)cc2)N2C1=CNc1ccccc12. The fourth-order valence-electron chi connectivity index (χ4n) is 3.16. The Balaban J connectivity index is 1.79. The Kier molecular flexibility index (Phi) is 3.66. The number of para-hydroxylation sites is 2. The molecule has 0 fully saturated rings. The third-order valence-corrected chi connectivity index (χ3v) is 4.34. The molecule has 0 spiro atoms. The van der Waals surface area contributed by atoms with E-state index >= 15 is 0 Å². The van der Waals surface area contributed by atoms with Gasteiger partial charge in [-0.1, -0.05) is 24.3 Å². The summed E-state index contributed by atoms with van der Waals surface area (Å²) in [6.07, 6.45) is 4.02. The molecule has 25 heavy (non-hydrogen) atoms. The van der Waals surface area contributed by atoms with E-state index in [0.29, 0.717) is 13.1 Å². The lowest BCUT2D eigenvalue weighted by Crippen LogP contribution is -2.31. The Morgan fingerprint density at radius 2 is 1.88 bits per heavy atom. The number of nitrogens with one attached hydrogen (secondary N) is 1. The zero-order chi connectivity index (χ0) is 17.4. The van der Waals surface area contributed by atoms with Crippen molar-refractivity contribution in [2.45, 2.75) is 0 Å². The second-order valence-corrected chi connectivity index (χ2v) is 5.88. The summed E-state index contributed by atoms with van der Waals surface area (Å²) in [4.78, 5) is 15.4. The van der Waals surface area contributed by atoms with Crippen molar-refractivity contribution < 1.29 is 9.90 Å². The van der Waals surface area contributed by atoms with Gasteiger partial charge < -0.3 is 21.1 Å². The van der Waals surface area contributed by atoms with Crippen molar-refractivity contribution in [1.82, 2.24) is 4.90 Å². The van der Waals surface area contributed by atoms with Crippen molar-refractivity contribution in [3.63, 3.8) is 0 Å². The van der Waals surface area contributed by atoms with Crippen LogP contribution in [0, 0.1) is 0 Å². The van der Waals surface area contributed by atoms with Crippen molar-refractivity contribution in [1.29, 1.82) is 0 Å². The Morgan fingerprint density at radius 1 is 1.12 bits per heavy atom. The summed E-state index contributed by atoms with van der Waals surface area (Å²) in [6.45, 7) is 1.23. The molecule has 6 heteroatoms. The van der Waals surface area contributed by atoms with E-state index in [1.807, 2.05) is 36.5 Å². The fourth-order valence-corrected chi connectivity index (χ4v) is 3.16. The van der Waals surface area contributed by atoms with Gasteiger partial charge in [0.1, 0.15) is 5.82 Å². The van der Waals surface area contributed by atoms with Crippen LogP contribution in [0.5, 0.6) is 0 Å². The van der Waals surface area contributed by atoms with Crippen LogP contribution in [0.2, 0.25) is 0 Å². The summed E-state index contributed by atoms with van der Waals surface area (Å²) in [5.41, 5.74) is 10.0. The maximum atomic E-state index is 11.1. The normalized spacial score (nSPS) is 15.1. The van der Waals surface area contributed by atoms with Crippen LogP contribution in [0.4, 0.5) is 11.4 Å². The minimum atomic E-state index is -0.926. The van der Waals surface area contributed by atoms with E-state index in [1.54, 1.807) is 12.1 Å². The summed E-state index contributed by atoms with van der Waals surface area (Å²) < 4.78 is 0. The van der Waals surface area contributed by atoms with Crippen molar-refractivity contribution in [3.05, 3.63) is 77.9 Å². The van der Waals surface area contributed by atoms with E-state index in [1.165, 1.54) is 0 Å². The molecule has 2 aromatic rings. The summed E-state index contributed by atoms with van der Waals surface area (Å²) in [7, 11) is 0. The van der Waals surface area contributed by atoms with E-state index in [2.05, 4.69) is 27.4 Å². The average Bonchev–Trinajstić information content (AvgIpc) is 3.01. The number of anilines is 2. The predicted octanol–water partition coefficient (Wildman–Crippen LogP) is 2.69. The number of carboxylic acids is 1. The van der Waals surface area contributed by atoms with Crippen molar-refractivity contribution >= 4 is 23.0 Å². The van der Waals surface area contributed by atoms with Crippen molar-refractivity contribution in [2.24, 2.45) is 5.73 Å². The molecular weight excluding hydrogens is 316 g/mol. The summed E-state index contributed by atoms with van der Waals surface area (Å²) in [6, 6.07) is 15.0. The molecule has 0 amide bonds. The molecule has 4 rings (SSSR count). The molecule has 2 aliphatic rings. The Labute approximate surface area is 145 Å². The third-order valence-electron chi connectivity index (χ3n) is 4.34. The Morgan fingerprint density at radius 3 is 2.60 bits per heavy atom. The van der Waals surface area contributed by atoms with Crippen molar-refractivity contribution in [3.8, 4) is 0 Å². The van der Waals surface area contributed by atoms with Crippen LogP contribution in [0.25, 0.3) is 5.70 Å². The summed E-state index contributed by atoms with van der Waals surface area (Å²) >= 11 is 0. The summed E-state index contributed by atoms with van der Waals surface area (Å²) in [5, 5.41) is 12.4. The lowest BCUT2D eigenvalue weighted by atomic mass is 10.1. The number of fused-ring (bicyclic) bond motifs is 3. The van der Waals surface area contributed by atoms with Gasteiger partial charge in [-0.15, -0.1) is 0 Å². The zero-order valence-corrected chi connectivity index (χ0v) is 13.5. The van der Waals surface area contributed by atoms with Crippen LogP contribution < -0.4 is 16.0 Å². The third kappa shape index (κ3) is 2.53. The maximum absolute atomic E-state index is 11.1. The first-order valence-corrected chi connectivity index (χ1v) is 8.07. The highest BCUT2D eigenvalue weighted by Gasteiger charge is 2.32. The lowest BCUT2D eigenvalue weighted by Gasteiger charge is -2.32. The van der Waals surface area contributed by atoms with E-state index in [4.69, 9.17) is 10.8 Å². The predicted molar refractivity (Wildman–Crippen MR) is 97.8 cm³/mol. The molecule has 0 atom stereocenters. The second kappa shape index (κ2) is 5.99. The Hall–Kier alpha value is -3.25. The van der Waals surface area contributed by atoms with Gasteiger partial charge in [0.15, 0.2) is 0 Å². The number of rotatable bonds is 4. The zero-order valence-electron chi connectivity index (χ0n) is 13.5. The molecule has 2 aliphatic heterocycles. The monoisotopic (exact) mass is 334 g/mol. The first kappa shape index (κ1) is 15.3. The maximum Gasteiger partial charge on any atom is 0.335 e. The lowest BCUT2D eigenvalue weighted by molar-refractivity contribution is 0.0697. The molecule has 0 saturated heterocycles. The highest BCUT2D eigenvalue weighted by Crippen LogP contribution is 2.43. The van der Waals surface area contributed by atoms with Gasteiger partial charge in [0.25, 0.3) is 0 Å². The highest BCUT2D eigenvalue weighted by molar-refractivity contribution is 5.93. The van der Waals surface area contributed by atoms with Gasteiger partial charge in [0.05, 0.1) is 22.6 Å². The van der Waals surface area contributed by atoms with Crippen LogP contribution in [-0.4, -0.2) is 29.1 Å². The molecule has 2 aromatic carbocycles. The van der Waals surface area contributed by atoms with Gasteiger partial charge in [-0.25, -0.2) is 4.79 Å². The largest absolute Gasteiger partial charge is 0.478 e. The van der Waals surface area contributed by atoms with E-state index in [9.17, 15) is 4.79 Å². The van der Waals surface area contributed by atoms with Gasteiger partial charge in [-0.3, -0.25) is 4.90 Å². The number of carboxylic acid groups (broad SMARTS) is 1. The quantitative estimate of drug-likeness (QED) is 0.797. The Bertz CT molecular complexity index is 887. The first-order valence-electron chi connectivity index (χ1n) is 8.07. The molecule has 0 aliphatic carbocycles. The van der Waals surface area contributed by atoms with E-state index < -0.39 is 5.97 Å². The molecule has 0 saturated carbocycles. The first-order chi connectivity index (χ1) is 12.2. The number of hydrogen-bond acceptors (Lipinski definition) is 5. The molecule has 0 unspecified atom stereocenters. The van der Waals surface area contributed by atoms with Gasteiger partial charge >= 0.3 is 5.97 Å². The van der Waals surface area contributed by atoms with Crippen LogP contribution in [0.1, 0.15) is 15.9 Å². The smallest absolute Gasteiger partial charge is 0.335 e. The molecule has 2 heterocycles. The van der Waals surface area contributed by atoms with Crippen LogP contribution in [0.15, 0.2) is 66.8 Å². The highest BCUT2D eigenvalue weighted by atomic mass is 16.4. The summed E-state index contributed by atoms with van der Waals surface area (Å²) in [5.74, 6) is 0.0753. The number of nitrogens with zero attached hydrogens (tertiary/aromatic N) is 2. The number of aromatic carboxylic acids is 1. The fraction of sp³-hybridized carbons (Fsp3) is 0.105. The standard InChI is InChI=1S/C19H18N4O2/c20-9-10-22-12-17(13-5-7-14(8-6-13)19(24)25)23-16-4-2-1-3-15(16)21-11-18(22)23/h1-8,11-12,21H,9-10,20H2,(H,24,25). The number of carbonyl (C=O) groups is 1. The molecule has 0 bridgehead atoms. The number of nitrogens with two attached hydrogens (primary N) is 1.